The van der Waals surface area contributed by atoms with E-state index in [0.29, 0.717) is 26.1 Å². The maximum absolute atomic E-state index is 10.7. The number of thioether (sulfide) groups is 1. The second kappa shape index (κ2) is 4.62. The van der Waals surface area contributed by atoms with Crippen LogP contribution in [-0.2, 0) is 4.74 Å². The first-order chi connectivity index (χ1) is 7.22. The monoisotopic (exact) mass is 232 g/mol. The van der Waals surface area contributed by atoms with E-state index in [-0.39, 0.29) is 12.0 Å². The van der Waals surface area contributed by atoms with Crippen molar-refractivity contribution in [3.8, 4) is 0 Å². The van der Waals surface area contributed by atoms with E-state index in [0.717, 1.165) is 24.3 Å². The van der Waals surface area contributed by atoms with Gasteiger partial charge in [-0.25, -0.2) is 0 Å². The minimum atomic E-state index is -0.693. The lowest BCUT2D eigenvalue weighted by Crippen LogP contribution is -2.55. The van der Waals surface area contributed by atoms with Crippen LogP contribution in [0, 0.1) is 5.41 Å². The zero-order valence-corrected chi connectivity index (χ0v) is 9.89. The van der Waals surface area contributed by atoms with E-state index in [1.54, 1.807) is 0 Å². The summed E-state index contributed by atoms with van der Waals surface area (Å²) >= 11 is 1.92. The van der Waals surface area contributed by atoms with Crippen LogP contribution in [0.2, 0.25) is 0 Å². The summed E-state index contributed by atoms with van der Waals surface area (Å²) in [5.41, 5.74) is -0.955. The van der Waals surface area contributed by atoms with Gasteiger partial charge in [-0.15, -0.1) is 0 Å². The summed E-state index contributed by atoms with van der Waals surface area (Å²) in [4.78, 5) is 0. The van der Waals surface area contributed by atoms with Crippen LogP contribution in [0.3, 0.4) is 0 Å². The van der Waals surface area contributed by atoms with E-state index < -0.39 is 5.60 Å². The van der Waals surface area contributed by atoms with Crippen LogP contribution in [-0.4, -0.2) is 47.1 Å². The van der Waals surface area contributed by atoms with Gasteiger partial charge in [0.25, 0.3) is 0 Å². The SMILES string of the molecule is OCC1(C2(O)CCOCC2)CCSCC1. The van der Waals surface area contributed by atoms with Crippen molar-refractivity contribution in [2.24, 2.45) is 5.41 Å². The van der Waals surface area contributed by atoms with Crippen LogP contribution in [0.1, 0.15) is 25.7 Å². The molecular weight excluding hydrogens is 212 g/mol. The molecule has 3 nitrogen and oxygen atoms in total. The van der Waals surface area contributed by atoms with Crippen LogP contribution in [0.25, 0.3) is 0 Å². The Hall–Kier alpha value is 0.230. The largest absolute Gasteiger partial charge is 0.396 e. The van der Waals surface area contributed by atoms with Crippen molar-refractivity contribution in [2.75, 3.05) is 31.3 Å². The van der Waals surface area contributed by atoms with Crippen LogP contribution in [0.4, 0.5) is 0 Å². The summed E-state index contributed by atoms with van der Waals surface area (Å²) < 4.78 is 5.30. The summed E-state index contributed by atoms with van der Waals surface area (Å²) in [5, 5.41) is 20.3. The molecule has 2 heterocycles. The minimum absolute atomic E-state index is 0.115. The highest BCUT2D eigenvalue weighted by molar-refractivity contribution is 7.99. The van der Waals surface area contributed by atoms with Crippen LogP contribution in [0.5, 0.6) is 0 Å². The quantitative estimate of drug-likeness (QED) is 0.747. The molecule has 0 aromatic carbocycles. The molecule has 0 aromatic heterocycles. The van der Waals surface area contributed by atoms with Gasteiger partial charge in [-0.3, -0.25) is 0 Å². The number of aliphatic hydroxyl groups excluding tert-OH is 1. The Kier molecular flexibility index (Phi) is 3.60. The molecule has 0 bridgehead atoms. The molecule has 2 N–H and O–H groups in total. The molecule has 0 radical (unpaired) electrons. The van der Waals surface area contributed by atoms with E-state index in [9.17, 15) is 10.2 Å². The third kappa shape index (κ3) is 2.05. The highest BCUT2D eigenvalue weighted by Crippen LogP contribution is 2.47. The highest BCUT2D eigenvalue weighted by atomic mass is 32.2. The van der Waals surface area contributed by atoms with Gasteiger partial charge in [0.05, 0.1) is 12.2 Å². The third-order valence-electron chi connectivity index (χ3n) is 4.06. The zero-order chi connectivity index (χ0) is 10.8. The van der Waals surface area contributed by atoms with Gasteiger partial charge in [0.2, 0.25) is 0 Å². The first-order valence-electron chi connectivity index (χ1n) is 5.71. The first kappa shape index (κ1) is 11.7. The topological polar surface area (TPSA) is 49.7 Å². The predicted molar refractivity (Wildman–Crippen MR) is 61.1 cm³/mol. The van der Waals surface area contributed by atoms with Gasteiger partial charge in [0.15, 0.2) is 0 Å². The fourth-order valence-corrected chi connectivity index (χ4v) is 4.05. The van der Waals surface area contributed by atoms with Gasteiger partial charge in [-0.05, 0) is 24.3 Å². The van der Waals surface area contributed by atoms with E-state index >= 15 is 0 Å². The predicted octanol–water partition coefficient (Wildman–Crippen LogP) is 1.03. The fourth-order valence-electron chi connectivity index (χ4n) is 2.77. The molecule has 4 heteroatoms. The van der Waals surface area contributed by atoms with E-state index in [4.69, 9.17) is 4.74 Å². The van der Waals surface area contributed by atoms with Gasteiger partial charge in [-0.1, -0.05) is 0 Å². The minimum Gasteiger partial charge on any atom is -0.396 e. The molecule has 2 rings (SSSR count). The van der Waals surface area contributed by atoms with Gasteiger partial charge in [-0.2, -0.15) is 11.8 Å². The summed E-state index contributed by atoms with van der Waals surface area (Å²) in [7, 11) is 0. The number of hydrogen-bond acceptors (Lipinski definition) is 4. The van der Waals surface area contributed by atoms with Gasteiger partial charge >= 0.3 is 0 Å². The second-order valence-corrected chi connectivity index (χ2v) is 5.92. The Balaban J connectivity index is 2.15. The molecule has 2 fully saturated rings. The van der Waals surface area contributed by atoms with Crippen molar-refractivity contribution >= 4 is 11.8 Å². The van der Waals surface area contributed by atoms with E-state index in [1.807, 2.05) is 11.8 Å². The third-order valence-corrected chi connectivity index (χ3v) is 5.05. The van der Waals surface area contributed by atoms with E-state index in [1.165, 1.54) is 0 Å². The molecule has 0 atom stereocenters. The van der Waals surface area contributed by atoms with Crippen molar-refractivity contribution in [3.63, 3.8) is 0 Å². The normalized spacial score (nSPS) is 30.0. The smallest absolute Gasteiger partial charge is 0.0770 e. The van der Waals surface area contributed by atoms with Crippen molar-refractivity contribution < 1.29 is 14.9 Å². The molecule has 0 unspecified atom stereocenters. The molecule has 0 amide bonds. The highest BCUT2D eigenvalue weighted by Gasteiger charge is 2.50. The van der Waals surface area contributed by atoms with Gasteiger partial charge < -0.3 is 14.9 Å². The lowest BCUT2D eigenvalue weighted by molar-refractivity contribution is -0.163. The molecule has 88 valence electrons. The molecule has 0 aliphatic carbocycles. The molecule has 0 saturated carbocycles. The van der Waals surface area contributed by atoms with Crippen molar-refractivity contribution in [1.29, 1.82) is 0 Å². The average molecular weight is 232 g/mol. The number of rotatable bonds is 2. The standard InChI is InChI=1S/C11H20O3S/c12-9-10(3-7-15-8-4-10)11(13)1-5-14-6-2-11/h12-13H,1-9H2. The Bertz CT molecular complexity index is 208. The van der Waals surface area contributed by atoms with Crippen molar-refractivity contribution in [1.82, 2.24) is 0 Å². The lowest BCUT2D eigenvalue weighted by atomic mass is 9.65. The van der Waals surface area contributed by atoms with Crippen LogP contribution in [0.15, 0.2) is 0 Å². The van der Waals surface area contributed by atoms with Crippen LogP contribution >= 0.6 is 11.8 Å². The van der Waals surface area contributed by atoms with Crippen molar-refractivity contribution in [2.45, 2.75) is 31.3 Å². The van der Waals surface area contributed by atoms with Crippen LogP contribution < -0.4 is 0 Å². The lowest BCUT2D eigenvalue weighted by Gasteiger charge is -2.50. The maximum Gasteiger partial charge on any atom is 0.0770 e. The van der Waals surface area contributed by atoms with E-state index in [2.05, 4.69) is 0 Å². The molecule has 15 heavy (non-hydrogen) atoms. The summed E-state index contributed by atoms with van der Waals surface area (Å²) in [6.07, 6.45) is 3.23. The number of aliphatic hydroxyl groups is 2. The Labute approximate surface area is 95.2 Å². The summed E-state index contributed by atoms with van der Waals surface area (Å²) in [6.45, 7) is 1.38. The summed E-state index contributed by atoms with van der Waals surface area (Å²) in [6, 6.07) is 0. The molecule has 2 aliphatic heterocycles. The van der Waals surface area contributed by atoms with Crippen molar-refractivity contribution in [3.05, 3.63) is 0 Å². The summed E-state index contributed by atoms with van der Waals surface area (Å²) in [5.74, 6) is 2.12. The number of hydrogen-bond donors (Lipinski definition) is 2. The zero-order valence-electron chi connectivity index (χ0n) is 9.07. The number of ether oxygens (including phenoxy) is 1. The maximum atomic E-state index is 10.7. The molecule has 0 aromatic rings. The fraction of sp³-hybridized carbons (Fsp3) is 1.00. The first-order valence-corrected chi connectivity index (χ1v) is 6.87. The molecule has 2 saturated heterocycles. The van der Waals surface area contributed by atoms with Gasteiger partial charge in [0, 0.05) is 31.5 Å². The van der Waals surface area contributed by atoms with Gasteiger partial charge in [0.1, 0.15) is 0 Å². The second-order valence-electron chi connectivity index (χ2n) is 4.69. The molecule has 0 spiro atoms. The Morgan fingerprint density at radius 3 is 2.20 bits per heavy atom. The molecular formula is C11H20O3S. The average Bonchev–Trinajstić information content (AvgIpc) is 2.31. The molecule has 2 aliphatic rings. The Morgan fingerprint density at radius 1 is 1.07 bits per heavy atom. The Morgan fingerprint density at radius 2 is 1.67 bits per heavy atom.